The van der Waals surface area contributed by atoms with E-state index in [0.717, 1.165) is 0 Å². The molecule has 226 valence electrons. The van der Waals surface area contributed by atoms with Crippen molar-refractivity contribution in [3.8, 4) is 23.0 Å². The van der Waals surface area contributed by atoms with Gasteiger partial charge in [0.1, 0.15) is 0 Å². The summed E-state index contributed by atoms with van der Waals surface area (Å²) < 4.78 is 148. The molecule has 29 heteroatoms. The van der Waals surface area contributed by atoms with Crippen LogP contribution in [0.1, 0.15) is 21.5 Å². The average molecular weight is 775 g/mol. The summed E-state index contributed by atoms with van der Waals surface area (Å²) in [6.07, 6.45) is -0.711. The summed E-state index contributed by atoms with van der Waals surface area (Å²) in [7, 11) is -22.4. The molecular formula is C17H10NNa5O19S4. The van der Waals surface area contributed by atoms with E-state index >= 15 is 0 Å². The van der Waals surface area contributed by atoms with Crippen molar-refractivity contribution in [2.45, 2.75) is 19.0 Å². The summed E-state index contributed by atoms with van der Waals surface area (Å²) in [5.74, 6) is -7.85. The van der Waals surface area contributed by atoms with Crippen LogP contribution in [-0.2, 0) is 59.4 Å². The zero-order chi connectivity index (χ0) is 31.1. The Balaban J connectivity index is -0.00000370. The first kappa shape index (κ1) is 51.6. The Labute approximate surface area is 372 Å². The van der Waals surface area contributed by atoms with Gasteiger partial charge >= 0.3 is 148 Å². The largest absolute Gasteiger partial charge is 1.00 e. The number of hydrogen-bond donors (Lipinski definition) is 0. The molecule has 46 heavy (non-hydrogen) atoms. The monoisotopic (exact) mass is 775 g/mol. The molecular weight excluding hydrogens is 765 g/mol. The summed E-state index contributed by atoms with van der Waals surface area (Å²) in [5, 5.41) is 11.8. The molecule has 0 saturated heterocycles. The van der Waals surface area contributed by atoms with Crippen LogP contribution in [0.4, 0.5) is 0 Å². The van der Waals surface area contributed by atoms with Crippen LogP contribution in [0.25, 0.3) is 0 Å². The van der Waals surface area contributed by atoms with Crippen LogP contribution in [0.3, 0.4) is 0 Å². The van der Waals surface area contributed by atoms with Crippen LogP contribution in [-0.4, -0.2) is 74.7 Å². The molecule has 1 aliphatic rings. The van der Waals surface area contributed by atoms with E-state index < -0.39 is 101 Å². The third-order valence-corrected chi connectivity index (χ3v) is 6.42. The molecule has 0 saturated carbocycles. The molecule has 1 amide bonds. The zero-order valence-electron chi connectivity index (χ0n) is 24.2. The van der Waals surface area contributed by atoms with Crippen molar-refractivity contribution in [2.75, 3.05) is 0 Å². The normalized spacial score (nSPS) is 14.2. The van der Waals surface area contributed by atoms with Crippen LogP contribution in [0.5, 0.6) is 23.0 Å². The Morgan fingerprint density at radius 3 is 1.37 bits per heavy atom. The molecule has 0 aromatic heterocycles. The number of aliphatic carboxylic acids is 1. The van der Waals surface area contributed by atoms with Gasteiger partial charge in [0.05, 0.1) is 12.0 Å². The van der Waals surface area contributed by atoms with Gasteiger partial charge in [-0.3, -0.25) is 4.79 Å². The van der Waals surface area contributed by atoms with Crippen LogP contribution in [0.2, 0.25) is 0 Å². The van der Waals surface area contributed by atoms with E-state index in [1.54, 1.807) is 0 Å². The number of nitrogens with zero attached hydrogens (tertiary/aromatic N) is 1. The number of hydrogen-bond acceptors (Lipinski definition) is 19. The van der Waals surface area contributed by atoms with Crippen molar-refractivity contribution < 1.29 is 231 Å². The molecule has 1 aliphatic heterocycles. The molecule has 2 aromatic carbocycles. The molecule has 3 rings (SSSR count). The molecule has 0 radical (unpaired) electrons. The van der Waals surface area contributed by atoms with Gasteiger partial charge in [0.25, 0.3) is 47.5 Å². The first-order valence-electron chi connectivity index (χ1n) is 9.94. The maximum atomic E-state index is 13.2. The Hall–Kier alpha value is 1.22. The zero-order valence-corrected chi connectivity index (χ0v) is 37.5. The van der Waals surface area contributed by atoms with Crippen molar-refractivity contribution >= 4 is 53.5 Å². The van der Waals surface area contributed by atoms with Crippen molar-refractivity contribution in [3.05, 3.63) is 47.0 Å². The third kappa shape index (κ3) is 16.1. The number of carboxylic acids is 1. The van der Waals surface area contributed by atoms with E-state index in [1.807, 2.05) is 0 Å². The summed E-state index contributed by atoms with van der Waals surface area (Å²) in [6.45, 7) is -0.782. The SMILES string of the molecule is O=C([O-])C1Cc2cc(OS(=O)(=O)[O-])c(OS(=O)(=O)[O-])cc2CN1C(=O)c1ccc(OS(=O)(=O)[O-])c(OS(=O)(=O)[O-])c1.[Na+].[Na+].[Na+].[Na+].[Na+]. The maximum Gasteiger partial charge on any atom is 1.00 e. The Morgan fingerprint density at radius 2 is 0.978 bits per heavy atom. The standard InChI is InChI=1S/C17H15NO19S4.5Na/c19-16(8-1-2-12(34-38(22,23)24)13(4-8)35-39(25,26)27)18-7-10-6-15(37-41(31,32)33)14(36-40(28,29)30)5-9(10)3-11(18)17(20)21;;;;;/h1-2,4-6,11H,3,7H2,(H,20,21)(H,22,23,24)(H,25,26,27)(H,28,29,30)(H,31,32,33);;;;;/q;5*+1/p-5. The minimum absolute atomic E-state index is 0. The summed E-state index contributed by atoms with van der Waals surface area (Å²) in [6, 6.07) is 1.05. The van der Waals surface area contributed by atoms with E-state index in [4.69, 9.17) is 0 Å². The first-order chi connectivity index (χ1) is 18.5. The number of carbonyl (C=O) groups excluding carboxylic acids is 2. The van der Waals surface area contributed by atoms with Gasteiger partial charge in [0.2, 0.25) is 0 Å². The molecule has 2 aromatic rings. The molecule has 0 spiro atoms. The summed E-state index contributed by atoms with van der Waals surface area (Å²) >= 11 is 0. The van der Waals surface area contributed by atoms with Gasteiger partial charge in [-0.05, 0) is 47.9 Å². The second kappa shape index (κ2) is 19.7. The molecule has 0 aliphatic carbocycles. The number of carboxylic acid groups (broad SMARTS) is 1. The smallest absolute Gasteiger partial charge is 0.716 e. The van der Waals surface area contributed by atoms with Gasteiger partial charge in [-0.2, -0.15) is 0 Å². The number of benzene rings is 2. The van der Waals surface area contributed by atoms with Crippen molar-refractivity contribution in [3.63, 3.8) is 0 Å². The number of carbonyl (C=O) groups is 2. The number of amides is 1. The second-order valence-electron chi connectivity index (χ2n) is 7.67. The van der Waals surface area contributed by atoms with Gasteiger partial charge in [0, 0.05) is 12.1 Å². The molecule has 0 N–H and O–H groups in total. The van der Waals surface area contributed by atoms with Crippen molar-refractivity contribution in [2.24, 2.45) is 0 Å². The molecule has 1 unspecified atom stereocenters. The van der Waals surface area contributed by atoms with E-state index in [0.29, 0.717) is 35.2 Å². The van der Waals surface area contributed by atoms with Crippen LogP contribution in [0, 0.1) is 0 Å². The second-order valence-corrected chi connectivity index (χ2v) is 11.6. The predicted octanol–water partition coefficient (Wildman–Crippen LogP) is -18.6. The number of rotatable bonds is 10. The Kier molecular flexibility index (Phi) is 22.1. The van der Waals surface area contributed by atoms with E-state index in [2.05, 4.69) is 16.7 Å². The topological polar surface area (TPSA) is 326 Å². The van der Waals surface area contributed by atoms with Crippen LogP contribution < -0.4 is 170 Å². The quantitative estimate of drug-likeness (QED) is 0.123. The molecule has 0 fully saturated rings. The fourth-order valence-corrected chi connectivity index (χ4v) is 4.94. The fraction of sp³-hybridized carbons (Fsp3) is 0.176. The minimum atomic E-state index is -5.65. The van der Waals surface area contributed by atoms with Gasteiger partial charge in [-0.25, -0.2) is 33.7 Å². The fourth-order valence-electron chi connectivity index (χ4n) is 3.53. The summed E-state index contributed by atoms with van der Waals surface area (Å²) in [5.41, 5.74) is -1.01. The minimum Gasteiger partial charge on any atom is -0.716 e. The molecule has 1 heterocycles. The Bertz CT molecular complexity index is 1870. The molecule has 20 nitrogen and oxygen atoms in total. The average Bonchev–Trinajstić information content (AvgIpc) is 2.75. The predicted molar refractivity (Wildman–Crippen MR) is 117 cm³/mol. The third-order valence-electron chi connectivity index (χ3n) is 4.89. The van der Waals surface area contributed by atoms with Gasteiger partial charge in [-0.1, -0.05) is 0 Å². The van der Waals surface area contributed by atoms with E-state index in [1.165, 1.54) is 0 Å². The van der Waals surface area contributed by atoms with Crippen LogP contribution >= 0.6 is 0 Å². The van der Waals surface area contributed by atoms with Gasteiger partial charge < -0.3 is 49.7 Å². The summed E-state index contributed by atoms with van der Waals surface area (Å²) in [4.78, 5) is 25.6. The van der Waals surface area contributed by atoms with Crippen LogP contribution in [0.15, 0.2) is 30.3 Å². The molecule has 1 atom stereocenters. The van der Waals surface area contributed by atoms with Gasteiger partial charge in [0.15, 0.2) is 23.0 Å². The van der Waals surface area contributed by atoms with E-state index in [9.17, 15) is 66.6 Å². The van der Waals surface area contributed by atoms with E-state index in [-0.39, 0.29) is 159 Å². The number of fused-ring (bicyclic) bond motifs is 1. The maximum absolute atomic E-state index is 13.2. The van der Waals surface area contributed by atoms with Crippen molar-refractivity contribution in [1.82, 2.24) is 4.90 Å². The van der Waals surface area contributed by atoms with Crippen molar-refractivity contribution in [1.29, 1.82) is 0 Å². The van der Waals surface area contributed by atoms with Gasteiger partial charge in [-0.15, -0.1) is 0 Å². The first-order valence-corrected chi connectivity index (χ1v) is 15.3. The molecule has 0 bridgehead atoms. The Morgan fingerprint density at radius 1 is 0.609 bits per heavy atom.